The standard InChI is InChI=1S/C14H22N2O3/c1-13(2,3)12-15-6-9(7-16-12)10(11(18)19)14(4,5)8-17/h6-7,10,17H,8H2,1-5H3,(H,18,19). The van der Waals surface area contributed by atoms with Gasteiger partial charge in [0, 0.05) is 35.4 Å². The summed E-state index contributed by atoms with van der Waals surface area (Å²) in [6.07, 6.45) is 3.09. The number of carbonyl (C=O) groups is 1. The molecule has 0 fully saturated rings. The highest BCUT2D eigenvalue weighted by Gasteiger charge is 2.36. The van der Waals surface area contributed by atoms with Crippen molar-refractivity contribution in [3.63, 3.8) is 0 Å². The van der Waals surface area contributed by atoms with Gasteiger partial charge in [0.25, 0.3) is 0 Å². The van der Waals surface area contributed by atoms with Crippen LogP contribution in [0.5, 0.6) is 0 Å². The van der Waals surface area contributed by atoms with Crippen LogP contribution in [0, 0.1) is 5.41 Å². The Balaban J connectivity index is 3.16. The Labute approximate surface area is 113 Å². The molecule has 1 aromatic heterocycles. The maximum atomic E-state index is 11.4. The van der Waals surface area contributed by atoms with E-state index in [-0.39, 0.29) is 12.0 Å². The predicted octanol–water partition coefficient (Wildman–Crippen LogP) is 1.96. The zero-order chi connectivity index (χ0) is 14.8. The molecule has 1 atom stereocenters. The van der Waals surface area contributed by atoms with Crippen molar-refractivity contribution in [2.75, 3.05) is 6.61 Å². The Hall–Kier alpha value is -1.49. The van der Waals surface area contributed by atoms with Gasteiger partial charge >= 0.3 is 5.97 Å². The minimum Gasteiger partial charge on any atom is -0.481 e. The zero-order valence-corrected chi connectivity index (χ0v) is 12.1. The fraction of sp³-hybridized carbons (Fsp3) is 0.643. The Bertz CT molecular complexity index is 447. The van der Waals surface area contributed by atoms with Crippen molar-refractivity contribution in [3.05, 3.63) is 23.8 Å². The van der Waals surface area contributed by atoms with Gasteiger partial charge in [-0.15, -0.1) is 0 Å². The quantitative estimate of drug-likeness (QED) is 0.870. The van der Waals surface area contributed by atoms with Crippen molar-refractivity contribution in [1.82, 2.24) is 9.97 Å². The van der Waals surface area contributed by atoms with Crippen LogP contribution in [0.4, 0.5) is 0 Å². The van der Waals surface area contributed by atoms with Gasteiger partial charge in [-0.3, -0.25) is 4.79 Å². The first-order valence-corrected chi connectivity index (χ1v) is 6.25. The van der Waals surface area contributed by atoms with Crippen LogP contribution in [-0.2, 0) is 10.2 Å². The number of nitrogens with zero attached hydrogens (tertiary/aromatic N) is 2. The average Bonchev–Trinajstić information content (AvgIpc) is 2.27. The van der Waals surface area contributed by atoms with E-state index in [0.717, 1.165) is 0 Å². The summed E-state index contributed by atoms with van der Waals surface area (Å²) >= 11 is 0. The fourth-order valence-electron chi connectivity index (χ4n) is 1.89. The third-order valence-corrected chi connectivity index (χ3v) is 3.11. The van der Waals surface area contributed by atoms with Crippen LogP contribution in [0.25, 0.3) is 0 Å². The fourth-order valence-corrected chi connectivity index (χ4v) is 1.89. The SMILES string of the molecule is CC(C)(C)c1ncc(C(C(=O)O)C(C)(C)CO)cn1. The second kappa shape index (κ2) is 5.25. The molecule has 2 N–H and O–H groups in total. The molecule has 0 spiro atoms. The molecule has 19 heavy (non-hydrogen) atoms. The molecule has 0 aliphatic carbocycles. The number of carboxylic acid groups (broad SMARTS) is 1. The Morgan fingerprint density at radius 3 is 2.00 bits per heavy atom. The molecule has 5 nitrogen and oxygen atoms in total. The third kappa shape index (κ3) is 3.50. The van der Waals surface area contributed by atoms with E-state index in [9.17, 15) is 15.0 Å². The van der Waals surface area contributed by atoms with E-state index in [1.54, 1.807) is 26.2 Å². The number of aromatic nitrogens is 2. The summed E-state index contributed by atoms with van der Waals surface area (Å²) in [5.74, 6) is -1.14. The molecule has 0 saturated carbocycles. The normalized spacial score (nSPS) is 14.2. The van der Waals surface area contributed by atoms with Crippen LogP contribution >= 0.6 is 0 Å². The summed E-state index contributed by atoms with van der Waals surface area (Å²) in [6, 6.07) is 0. The summed E-state index contributed by atoms with van der Waals surface area (Å²) in [7, 11) is 0. The van der Waals surface area contributed by atoms with Gasteiger partial charge in [0.1, 0.15) is 5.82 Å². The molecule has 0 amide bonds. The minimum atomic E-state index is -0.980. The van der Waals surface area contributed by atoms with Crippen molar-refractivity contribution >= 4 is 5.97 Å². The molecule has 0 saturated heterocycles. The van der Waals surface area contributed by atoms with E-state index in [2.05, 4.69) is 9.97 Å². The number of aliphatic hydroxyl groups excluding tert-OH is 1. The maximum absolute atomic E-state index is 11.4. The van der Waals surface area contributed by atoms with Crippen molar-refractivity contribution < 1.29 is 15.0 Å². The summed E-state index contributed by atoms with van der Waals surface area (Å²) in [5.41, 5.74) is -0.429. The van der Waals surface area contributed by atoms with Crippen LogP contribution in [0.15, 0.2) is 12.4 Å². The lowest BCUT2D eigenvalue weighted by atomic mass is 9.76. The first kappa shape index (κ1) is 15.6. The second-order valence-corrected chi connectivity index (χ2v) is 6.51. The summed E-state index contributed by atoms with van der Waals surface area (Å²) in [4.78, 5) is 19.9. The molecule has 1 heterocycles. The number of aliphatic hydroxyl groups is 1. The second-order valence-electron chi connectivity index (χ2n) is 6.51. The highest BCUT2D eigenvalue weighted by molar-refractivity contribution is 5.77. The predicted molar refractivity (Wildman–Crippen MR) is 72.0 cm³/mol. The van der Waals surface area contributed by atoms with Crippen molar-refractivity contribution in [2.24, 2.45) is 5.41 Å². The van der Waals surface area contributed by atoms with Crippen molar-refractivity contribution in [1.29, 1.82) is 0 Å². The first-order chi connectivity index (χ1) is 8.59. The lowest BCUT2D eigenvalue weighted by molar-refractivity contribution is -0.142. The number of hydrogen-bond acceptors (Lipinski definition) is 4. The average molecular weight is 266 g/mol. The Morgan fingerprint density at radius 2 is 1.68 bits per heavy atom. The van der Waals surface area contributed by atoms with Gasteiger partial charge in [-0.05, 0) is 0 Å². The molecule has 1 rings (SSSR count). The van der Waals surface area contributed by atoms with Crippen LogP contribution in [0.2, 0.25) is 0 Å². The van der Waals surface area contributed by atoms with Crippen LogP contribution < -0.4 is 0 Å². The van der Waals surface area contributed by atoms with Gasteiger partial charge in [0.2, 0.25) is 0 Å². The molecule has 5 heteroatoms. The summed E-state index contributed by atoms with van der Waals surface area (Å²) in [6.45, 7) is 9.19. The molecule has 1 aromatic rings. The number of carboxylic acids is 1. The molecule has 0 aromatic carbocycles. The highest BCUT2D eigenvalue weighted by Crippen LogP contribution is 2.35. The monoisotopic (exact) mass is 266 g/mol. The minimum absolute atomic E-state index is 0.177. The van der Waals surface area contributed by atoms with E-state index in [1.165, 1.54) is 0 Å². The third-order valence-electron chi connectivity index (χ3n) is 3.11. The van der Waals surface area contributed by atoms with Crippen molar-refractivity contribution in [2.45, 2.75) is 46.0 Å². The summed E-state index contributed by atoms with van der Waals surface area (Å²) < 4.78 is 0. The Morgan fingerprint density at radius 1 is 1.21 bits per heavy atom. The number of hydrogen-bond donors (Lipinski definition) is 2. The topological polar surface area (TPSA) is 83.3 Å². The molecule has 0 aliphatic heterocycles. The zero-order valence-electron chi connectivity index (χ0n) is 12.1. The molecular weight excluding hydrogens is 244 g/mol. The van der Waals surface area contributed by atoms with Gasteiger partial charge in [-0.1, -0.05) is 34.6 Å². The molecule has 0 aliphatic rings. The molecule has 0 radical (unpaired) electrons. The lowest BCUT2D eigenvalue weighted by Gasteiger charge is -2.29. The van der Waals surface area contributed by atoms with Crippen LogP contribution in [0.1, 0.15) is 51.9 Å². The van der Waals surface area contributed by atoms with E-state index in [0.29, 0.717) is 11.4 Å². The molecule has 1 unspecified atom stereocenters. The van der Waals surface area contributed by atoms with Crippen LogP contribution in [0.3, 0.4) is 0 Å². The van der Waals surface area contributed by atoms with Gasteiger partial charge in [-0.25, -0.2) is 9.97 Å². The molecule has 0 bridgehead atoms. The molecular formula is C14H22N2O3. The van der Waals surface area contributed by atoms with E-state index < -0.39 is 17.3 Å². The molecule has 106 valence electrons. The van der Waals surface area contributed by atoms with E-state index in [4.69, 9.17) is 0 Å². The van der Waals surface area contributed by atoms with Crippen LogP contribution in [-0.4, -0.2) is 32.8 Å². The Kier molecular flexibility index (Phi) is 4.30. The highest BCUT2D eigenvalue weighted by atomic mass is 16.4. The maximum Gasteiger partial charge on any atom is 0.311 e. The largest absolute Gasteiger partial charge is 0.481 e. The van der Waals surface area contributed by atoms with E-state index >= 15 is 0 Å². The lowest BCUT2D eigenvalue weighted by Crippen LogP contribution is -2.32. The van der Waals surface area contributed by atoms with Gasteiger partial charge in [0.15, 0.2) is 0 Å². The summed E-state index contributed by atoms with van der Waals surface area (Å²) in [5, 5.41) is 18.7. The van der Waals surface area contributed by atoms with Gasteiger partial charge in [-0.2, -0.15) is 0 Å². The first-order valence-electron chi connectivity index (χ1n) is 6.25. The number of rotatable bonds is 4. The van der Waals surface area contributed by atoms with Gasteiger partial charge < -0.3 is 10.2 Å². The number of aliphatic carboxylic acids is 1. The van der Waals surface area contributed by atoms with E-state index in [1.807, 2.05) is 20.8 Å². The van der Waals surface area contributed by atoms with Crippen molar-refractivity contribution in [3.8, 4) is 0 Å². The van der Waals surface area contributed by atoms with Gasteiger partial charge in [0.05, 0.1) is 5.92 Å². The smallest absolute Gasteiger partial charge is 0.311 e.